The number of thioether (sulfide) groups is 1. The number of rotatable bonds is 11. The van der Waals surface area contributed by atoms with Crippen molar-refractivity contribution in [1.82, 2.24) is 0 Å². The van der Waals surface area contributed by atoms with Gasteiger partial charge >= 0.3 is 12.1 Å². The Morgan fingerprint density at radius 3 is 2.58 bits per heavy atom. The minimum atomic E-state index is -1.23. The summed E-state index contributed by atoms with van der Waals surface area (Å²) in [6.07, 6.45) is -1.23. The van der Waals surface area contributed by atoms with Gasteiger partial charge in [-0.1, -0.05) is 40.6 Å². The van der Waals surface area contributed by atoms with Gasteiger partial charge in [-0.25, -0.2) is 9.59 Å². The van der Waals surface area contributed by atoms with E-state index in [1.54, 1.807) is 41.6 Å². The quantitative estimate of drug-likeness (QED) is 0.172. The largest absolute Gasteiger partial charge is 0.489 e. The van der Waals surface area contributed by atoms with Gasteiger partial charge in [0.25, 0.3) is 0 Å². The van der Waals surface area contributed by atoms with Crippen molar-refractivity contribution in [3.05, 3.63) is 64.2 Å². The van der Waals surface area contributed by atoms with Crippen LogP contribution in [0.3, 0.4) is 0 Å². The van der Waals surface area contributed by atoms with Crippen LogP contribution in [0.1, 0.15) is 34.7 Å². The van der Waals surface area contributed by atoms with E-state index in [0.29, 0.717) is 23.5 Å². The highest BCUT2D eigenvalue weighted by atomic mass is 32.2. The van der Waals surface area contributed by atoms with Crippen molar-refractivity contribution < 1.29 is 28.7 Å². The maximum absolute atomic E-state index is 12.3. The Balaban J connectivity index is 2.18. The van der Waals surface area contributed by atoms with E-state index in [1.807, 2.05) is 26.8 Å². The van der Waals surface area contributed by atoms with E-state index in [1.165, 1.54) is 7.11 Å². The highest BCUT2D eigenvalue weighted by Gasteiger charge is 2.22. The molecule has 33 heavy (non-hydrogen) atoms. The molecule has 2 aromatic carbocycles. The summed E-state index contributed by atoms with van der Waals surface area (Å²) in [5.74, 6) is 0.452. The molecule has 0 aliphatic heterocycles. The van der Waals surface area contributed by atoms with Crippen LogP contribution in [0.5, 0.6) is 5.75 Å². The Labute approximate surface area is 196 Å². The highest BCUT2D eigenvalue weighted by Crippen LogP contribution is 2.26. The van der Waals surface area contributed by atoms with Gasteiger partial charge in [-0.05, 0) is 49.1 Å². The number of aryl methyl sites for hydroxylation is 2. The predicted molar refractivity (Wildman–Crippen MR) is 127 cm³/mol. The van der Waals surface area contributed by atoms with Crippen molar-refractivity contribution in [1.29, 1.82) is 0 Å². The summed E-state index contributed by atoms with van der Waals surface area (Å²) in [7, 11) is 1.28. The molecule has 0 unspecified atom stereocenters. The second kappa shape index (κ2) is 13.1. The lowest BCUT2D eigenvalue weighted by molar-refractivity contribution is -0.129. The number of carbonyl (C=O) groups excluding carboxylic acids is 2. The highest BCUT2D eigenvalue weighted by molar-refractivity contribution is 8.11. The molecule has 2 N–H and O–H groups in total. The van der Waals surface area contributed by atoms with Crippen molar-refractivity contribution in [3.63, 3.8) is 0 Å². The Hall–Kier alpha value is -3.53. The van der Waals surface area contributed by atoms with E-state index in [-0.39, 0.29) is 12.3 Å². The molecular weight excluding hydrogens is 446 g/mol. The number of hydrogen-bond acceptors (Lipinski definition) is 9. The maximum Gasteiger partial charge on any atom is 0.412 e. The molecule has 2 rings (SSSR count). The number of benzene rings is 2. The third kappa shape index (κ3) is 7.83. The smallest absolute Gasteiger partial charge is 0.412 e. The minimum Gasteiger partial charge on any atom is -0.489 e. The predicted octanol–water partition coefficient (Wildman–Crippen LogP) is 4.07. The van der Waals surface area contributed by atoms with Gasteiger partial charge in [0.05, 0.1) is 5.55 Å². The van der Waals surface area contributed by atoms with E-state index in [0.717, 1.165) is 22.4 Å². The second-order valence-corrected chi connectivity index (χ2v) is 7.59. The average molecular weight is 474 g/mol. The summed E-state index contributed by atoms with van der Waals surface area (Å²) in [6.45, 7) is 6.54. The Morgan fingerprint density at radius 2 is 1.88 bits per heavy atom. The van der Waals surface area contributed by atoms with Crippen molar-refractivity contribution in [2.45, 2.75) is 33.1 Å². The summed E-state index contributed by atoms with van der Waals surface area (Å²) in [5, 5.41) is 7.55. The van der Waals surface area contributed by atoms with Gasteiger partial charge in [0.1, 0.15) is 26.1 Å². The topological polar surface area (TPSA) is 122 Å². The molecule has 0 fully saturated rings. The number of oxime groups is 2. The van der Waals surface area contributed by atoms with E-state index in [2.05, 4.69) is 21.1 Å². The normalized spacial score (nSPS) is 11.3. The molecule has 10 heteroatoms. The summed E-state index contributed by atoms with van der Waals surface area (Å²) in [5.41, 5.74) is 10.7. The van der Waals surface area contributed by atoms with Gasteiger partial charge in [0, 0.05) is 11.3 Å². The molecule has 2 aromatic rings. The van der Waals surface area contributed by atoms with Gasteiger partial charge in [0.15, 0.2) is 5.71 Å². The zero-order valence-electron chi connectivity index (χ0n) is 19.0. The van der Waals surface area contributed by atoms with Gasteiger partial charge in [0.2, 0.25) is 0 Å². The van der Waals surface area contributed by atoms with Crippen LogP contribution in [0.2, 0.25) is 0 Å². The van der Waals surface area contributed by atoms with Crippen LogP contribution in [0, 0.1) is 13.8 Å². The lowest BCUT2D eigenvalue weighted by Crippen LogP contribution is -2.26. The number of ether oxygens (including phenoxy) is 2. The third-order valence-electron chi connectivity index (χ3n) is 4.42. The molecule has 0 saturated carbocycles. The first-order valence-electron chi connectivity index (χ1n) is 10.1. The first kappa shape index (κ1) is 25.7. The Kier molecular flexibility index (Phi) is 10.2. The van der Waals surface area contributed by atoms with Crippen LogP contribution in [0.15, 0.2) is 46.7 Å². The lowest BCUT2D eigenvalue weighted by atomic mass is 10.0. The van der Waals surface area contributed by atoms with E-state index < -0.39 is 12.1 Å². The van der Waals surface area contributed by atoms with Crippen molar-refractivity contribution in [2.24, 2.45) is 16.0 Å². The standard InChI is InChI=1S/C23H27N3O6S/c1-5-31-25-14-33-13-18-10-16(3)20(11-15(18)2)30-12-17-8-6-7-9-19(17)21(26-29-4)22(27)32-23(24)28/h6-11,14H,5,12-13H2,1-4H3,(H2,24,28)/b25-14+,26-21+. The van der Waals surface area contributed by atoms with Crippen LogP contribution in [0.25, 0.3) is 0 Å². The fourth-order valence-corrected chi connectivity index (χ4v) is 3.57. The zero-order valence-corrected chi connectivity index (χ0v) is 19.8. The van der Waals surface area contributed by atoms with E-state index in [4.69, 9.17) is 20.1 Å². The van der Waals surface area contributed by atoms with Gasteiger partial charge in [-0.2, -0.15) is 0 Å². The number of carbonyl (C=O) groups is 2. The summed E-state index contributed by atoms with van der Waals surface area (Å²) >= 11 is 1.54. The summed E-state index contributed by atoms with van der Waals surface area (Å²) in [4.78, 5) is 33.0. The number of amides is 1. The van der Waals surface area contributed by atoms with Gasteiger partial charge in [-0.15, -0.1) is 11.8 Å². The molecule has 0 aliphatic carbocycles. The van der Waals surface area contributed by atoms with Gasteiger partial charge < -0.3 is 24.9 Å². The summed E-state index contributed by atoms with van der Waals surface area (Å²) in [6, 6.07) is 11.0. The molecule has 0 aromatic heterocycles. The number of primary amides is 1. The third-order valence-corrected chi connectivity index (χ3v) is 5.13. The second-order valence-electron chi connectivity index (χ2n) is 6.76. The molecule has 9 nitrogen and oxygen atoms in total. The zero-order chi connectivity index (χ0) is 24.2. The first-order chi connectivity index (χ1) is 15.9. The van der Waals surface area contributed by atoms with Crippen molar-refractivity contribution in [3.8, 4) is 5.75 Å². The number of nitrogens with zero attached hydrogens (tertiary/aromatic N) is 2. The van der Waals surface area contributed by atoms with Crippen LogP contribution in [0.4, 0.5) is 4.79 Å². The molecular formula is C23H27N3O6S. The number of nitrogens with two attached hydrogens (primary N) is 1. The van der Waals surface area contributed by atoms with Crippen LogP contribution in [-0.4, -0.2) is 37.0 Å². The van der Waals surface area contributed by atoms with Crippen molar-refractivity contribution >= 4 is 35.1 Å². The molecule has 0 heterocycles. The van der Waals surface area contributed by atoms with Crippen molar-refractivity contribution in [2.75, 3.05) is 13.7 Å². The van der Waals surface area contributed by atoms with Crippen LogP contribution < -0.4 is 10.5 Å². The molecule has 0 aliphatic rings. The van der Waals surface area contributed by atoms with E-state index in [9.17, 15) is 9.59 Å². The molecule has 1 amide bonds. The molecule has 0 radical (unpaired) electrons. The Bertz CT molecular complexity index is 1040. The fourth-order valence-electron chi connectivity index (χ4n) is 2.88. The monoisotopic (exact) mass is 473 g/mol. The van der Waals surface area contributed by atoms with E-state index >= 15 is 0 Å². The molecule has 176 valence electrons. The number of esters is 1. The summed E-state index contributed by atoms with van der Waals surface area (Å²) < 4.78 is 10.5. The minimum absolute atomic E-state index is 0.151. The first-order valence-corrected chi connectivity index (χ1v) is 11.1. The average Bonchev–Trinajstić information content (AvgIpc) is 2.78. The van der Waals surface area contributed by atoms with Crippen LogP contribution >= 0.6 is 11.8 Å². The fraction of sp³-hybridized carbons (Fsp3) is 0.304. The molecule has 0 spiro atoms. The lowest BCUT2D eigenvalue weighted by Gasteiger charge is -2.15. The Morgan fingerprint density at radius 1 is 1.12 bits per heavy atom. The van der Waals surface area contributed by atoms with Gasteiger partial charge in [-0.3, -0.25) is 0 Å². The molecule has 0 bridgehead atoms. The SMILES string of the molecule is CCO/N=C/SCc1cc(C)c(OCc2ccccc2/C(=N\OC)C(=O)OC(N)=O)cc1C. The number of hydrogen-bond donors (Lipinski definition) is 1. The molecule has 0 atom stereocenters. The van der Waals surface area contributed by atoms with Crippen LogP contribution in [-0.2, 0) is 31.6 Å². The maximum atomic E-state index is 12.3. The molecule has 0 saturated heterocycles.